The minimum atomic E-state index is -0.423. The molecule has 1 aromatic rings. The fourth-order valence-corrected chi connectivity index (χ4v) is 3.00. The summed E-state index contributed by atoms with van der Waals surface area (Å²) in [7, 11) is 0. The van der Waals surface area contributed by atoms with E-state index in [1.54, 1.807) is 6.07 Å². The van der Waals surface area contributed by atoms with Gasteiger partial charge in [-0.05, 0) is 24.5 Å². The maximum absolute atomic E-state index is 10.8. The number of nitrogens with one attached hydrogen (secondary N) is 1. The normalized spacial score (nSPS) is 25.9. The van der Waals surface area contributed by atoms with Crippen LogP contribution in [0.5, 0.6) is 0 Å². The highest BCUT2D eigenvalue weighted by Crippen LogP contribution is 2.37. The van der Waals surface area contributed by atoms with E-state index in [0.29, 0.717) is 17.1 Å². The van der Waals surface area contributed by atoms with Crippen molar-refractivity contribution in [3.05, 3.63) is 38.9 Å². The molecule has 0 aromatic heterocycles. The van der Waals surface area contributed by atoms with Gasteiger partial charge in [-0.1, -0.05) is 24.9 Å². The van der Waals surface area contributed by atoms with E-state index in [4.69, 9.17) is 11.6 Å². The van der Waals surface area contributed by atoms with Gasteiger partial charge >= 0.3 is 0 Å². The van der Waals surface area contributed by atoms with E-state index >= 15 is 0 Å². The van der Waals surface area contributed by atoms with E-state index in [1.807, 2.05) is 0 Å². The topological polar surface area (TPSA) is 75.4 Å². The van der Waals surface area contributed by atoms with Crippen LogP contribution in [0.3, 0.4) is 0 Å². The lowest BCUT2D eigenvalue weighted by molar-refractivity contribution is -0.384. The highest BCUT2D eigenvalue weighted by Gasteiger charge is 2.37. The van der Waals surface area contributed by atoms with Crippen molar-refractivity contribution in [2.24, 2.45) is 5.41 Å². The van der Waals surface area contributed by atoms with Gasteiger partial charge in [0, 0.05) is 41.8 Å². The maximum atomic E-state index is 10.8. The number of hydrogen-bond acceptors (Lipinski definition) is 4. The predicted molar refractivity (Wildman–Crippen MR) is 77.8 cm³/mol. The van der Waals surface area contributed by atoms with Crippen LogP contribution in [0.1, 0.15) is 31.7 Å². The fourth-order valence-electron chi connectivity index (χ4n) is 2.81. The number of nitro groups is 1. The number of benzene rings is 1. The highest BCUT2D eigenvalue weighted by molar-refractivity contribution is 6.31. The van der Waals surface area contributed by atoms with Crippen LogP contribution in [0, 0.1) is 15.5 Å². The molecule has 2 unspecified atom stereocenters. The van der Waals surface area contributed by atoms with Crippen LogP contribution < -0.4 is 5.32 Å². The Morgan fingerprint density at radius 3 is 3.00 bits per heavy atom. The molecule has 20 heavy (non-hydrogen) atoms. The molecule has 0 spiro atoms. The van der Waals surface area contributed by atoms with Gasteiger partial charge in [-0.15, -0.1) is 0 Å². The third-order valence-electron chi connectivity index (χ3n) is 4.22. The van der Waals surface area contributed by atoms with Crippen molar-refractivity contribution in [3.63, 3.8) is 0 Å². The van der Waals surface area contributed by atoms with E-state index in [1.165, 1.54) is 12.1 Å². The van der Waals surface area contributed by atoms with Crippen LogP contribution in [0.15, 0.2) is 18.2 Å². The smallest absolute Gasteiger partial charge is 0.269 e. The molecule has 2 atom stereocenters. The van der Waals surface area contributed by atoms with Gasteiger partial charge in [0.1, 0.15) is 0 Å². The number of non-ortho nitro benzene ring substituents is 1. The summed E-state index contributed by atoms with van der Waals surface area (Å²) in [6, 6.07) is 4.67. The van der Waals surface area contributed by atoms with E-state index in [0.717, 1.165) is 19.3 Å². The number of nitro benzene ring substituents is 1. The number of hydrogen-bond donors (Lipinski definition) is 2. The maximum Gasteiger partial charge on any atom is 0.269 e. The standard InChI is InChI=1S/C14H19ClN2O3/c1-14(9-18)6-2-3-13(14)16-8-10-7-11(17(19)20)4-5-12(10)15/h4-5,7,13,16,18H,2-3,6,8-9H2,1H3. The van der Waals surface area contributed by atoms with Crippen LogP contribution in [0.25, 0.3) is 0 Å². The molecule has 1 aliphatic carbocycles. The van der Waals surface area contributed by atoms with Gasteiger partial charge in [-0.3, -0.25) is 10.1 Å². The molecule has 0 aliphatic heterocycles. The first kappa shape index (κ1) is 15.2. The number of nitrogens with zero attached hydrogens (tertiary/aromatic N) is 1. The van der Waals surface area contributed by atoms with Gasteiger partial charge in [-0.25, -0.2) is 0 Å². The molecule has 5 nitrogen and oxygen atoms in total. The van der Waals surface area contributed by atoms with Crippen molar-refractivity contribution >= 4 is 17.3 Å². The van der Waals surface area contributed by atoms with Crippen LogP contribution in [0.4, 0.5) is 5.69 Å². The first-order chi connectivity index (χ1) is 9.46. The minimum absolute atomic E-state index is 0.0440. The molecular formula is C14H19ClN2O3. The average Bonchev–Trinajstić information content (AvgIpc) is 2.79. The third kappa shape index (κ3) is 3.11. The highest BCUT2D eigenvalue weighted by atomic mass is 35.5. The van der Waals surface area contributed by atoms with Crippen molar-refractivity contribution in [3.8, 4) is 0 Å². The quantitative estimate of drug-likeness (QED) is 0.647. The van der Waals surface area contributed by atoms with E-state index in [9.17, 15) is 15.2 Å². The monoisotopic (exact) mass is 298 g/mol. The summed E-state index contributed by atoms with van der Waals surface area (Å²) in [6.07, 6.45) is 3.07. The van der Waals surface area contributed by atoms with Crippen molar-refractivity contribution in [1.29, 1.82) is 0 Å². The van der Waals surface area contributed by atoms with Crippen molar-refractivity contribution < 1.29 is 10.0 Å². The number of rotatable bonds is 5. The molecule has 0 radical (unpaired) electrons. The minimum Gasteiger partial charge on any atom is -0.396 e. The lowest BCUT2D eigenvalue weighted by atomic mass is 9.86. The molecule has 0 bridgehead atoms. The lowest BCUT2D eigenvalue weighted by Gasteiger charge is -2.30. The number of aliphatic hydroxyl groups is 1. The third-order valence-corrected chi connectivity index (χ3v) is 4.59. The van der Waals surface area contributed by atoms with Crippen molar-refractivity contribution in [2.75, 3.05) is 6.61 Å². The second-order valence-electron chi connectivity index (χ2n) is 5.67. The number of aliphatic hydroxyl groups excluding tert-OH is 1. The Balaban J connectivity index is 2.07. The Hall–Kier alpha value is -1.17. The van der Waals surface area contributed by atoms with Crippen molar-refractivity contribution in [1.82, 2.24) is 5.32 Å². The van der Waals surface area contributed by atoms with E-state index < -0.39 is 4.92 Å². The van der Waals surface area contributed by atoms with Gasteiger partial charge in [-0.2, -0.15) is 0 Å². The first-order valence-corrected chi connectivity index (χ1v) is 7.11. The Labute approximate surface area is 123 Å². The summed E-state index contributed by atoms with van der Waals surface area (Å²) in [5.41, 5.74) is 0.642. The molecule has 1 aliphatic rings. The van der Waals surface area contributed by atoms with Crippen molar-refractivity contribution in [2.45, 2.75) is 38.8 Å². The summed E-state index contributed by atoms with van der Waals surface area (Å²) in [6.45, 7) is 2.68. The van der Waals surface area contributed by atoms with E-state index in [2.05, 4.69) is 12.2 Å². The second kappa shape index (κ2) is 6.08. The van der Waals surface area contributed by atoms with Gasteiger partial charge in [0.2, 0.25) is 0 Å². The van der Waals surface area contributed by atoms with Crippen LogP contribution in [-0.2, 0) is 6.54 Å². The molecule has 0 saturated heterocycles. The zero-order chi connectivity index (χ0) is 14.8. The largest absolute Gasteiger partial charge is 0.396 e. The SMILES string of the molecule is CC1(CO)CCCC1NCc1cc([N+](=O)[O-])ccc1Cl. The van der Waals surface area contributed by atoms with E-state index in [-0.39, 0.29) is 23.8 Å². The molecule has 110 valence electrons. The molecule has 6 heteroatoms. The summed E-state index contributed by atoms with van der Waals surface area (Å²) in [4.78, 5) is 10.4. The Bertz CT molecular complexity index is 509. The lowest BCUT2D eigenvalue weighted by Crippen LogP contribution is -2.41. The zero-order valence-electron chi connectivity index (χ0n) is 11.4. The van der Waals surface area contributed by atoms with Crippen LogP contribution in [0.2, 0.25) is 5.02 Å². The fraction of sp³-hybridized carbons (Fsp3) is 0.571. The first-order valence-electron chi connectivity index (χ1n) is 6.73. The summed E-state index contributed by atoms with van der Waals surface area (Å²) >= 11 is 6.08. The van der Waals surface area contributed by atoms with Gasteiger partial charge < -0.3 is 10.4 Å². The molecule has 2 rings (SSSR count). The Kier molecular flexibility index (Phi) is 4.62. The zero-order valence-corrected chi connectivity index (χ0v) is 12.2. The predicted octanol–water partition coefficient (Wildman–Crippen LogP) is 2.89. The molecule has 1 saturated carbocycles. The summed E-state index contributed by atoms with van der Waals surface area (Å²) in [5, 5.41) is 24.2. The molecular weight excluding hydrogens is 280 g/mol. The molecule has 2 N–H and O–H groups in total. The summed E-state index contributed by atoms with van der Waals surface area (Å²) in [5.74, 6) is 0. The number of halogens is 1. The molecule has 1 fully saturated rings. The van der Waals surface area contributed by atoms with Crippen LogP contribution >= 0.6 is 11.6 Å². The Morgan fingerprint density at radius 1 is 1.60 bits per heavy atom. The van der Waals surface area contributed by atoms with Gasteiger partial charge in [0.25, 0.3) is 5.69 Å². The van der Waals surface area contributed by atoms with Gasteiger partial charge in [0.15, 0.2) is 0 Å². The molecule has 1 aromatic carbocycles. The average molecular weight is 299 g/mol. The second-order valence-corrected chi connectivity index (χ2v) is 6.08. The van der Waals surface area contributed by atoms with Gasteiger partial charge in [0.05, 0.1) is 4.92 Å². The Morgan fingerprint density at radius 2 is 2.35 bits per heavy atom. The van der Waals surface area contributed by atoms with Crippen LogP contribution in [-0.4, -0.2) is 22.7 Å². The molecule has 0 amide bonds. The summed E-state index contributed by atoms with van der Waals surface area (Å²) < 4.78 is 0. The molecule has 0 heterocycles.